The van der Waals surface area contributed by atoms with Gasteiger partial charge in [-0.3, -0.25) is 14.4 Å². The quantitative estimate of drug-likeness (QED) is 0.232. The summed E-state index contributed by atoms with van der Waals surface area (Å²) in [5.41, 5.74) is 6.68. The predicted octanol–water partition coefficient (Wildman–Crippen LogP) is -0.261. The van der Waals surface area contributed by atoms with Gasteiger partial charge in [-0.15, -0.1) is 0 Å². The number of carboxylic acids is 1. The normalized spacial score (nSPS) is 13.5. The van der Waals surface area contributed by atoms with E-state index in [9.17, 15) is 24.3 Å². The number of nitrogens with one attached hydrogen (secondary N) is 4. The summed E-state index contributed by atoms with van der Waals surface area (Å²) < 4.78 is 0. The summed E-state index contributed by atoms with van der Waals surface area (Å²) in [4.78, 5) is 56.4. The van der Waals surface area contributed by atoms with Crippen molar-refractivity contribution in [1.29, 1.82) is 0 Å². The van der Waals surface area contributed by atoms with E-state index in [1.54, 1.807) is 24.3 Å². The number of aliphatic carboxylic acids is 1. The first-order chi connectivity index (χ1) is 16.2. The van der Waals surface area contributed by atoms with Crippen LogP contribution in [0.15, 0.2) is 42.9 Å². The van der Waals surface area contributed by atoms with Crippen LogP contribution in [0.1, 0.15) is 31.5 Å². The molecule has 0 aliphatic rings. The van der Waals surface area contributed by atoms with Gasteiger partial charge in [-0.05, 0) is 17.9 Å². The van der Waals surface area contributed by atoms with E-state index in [2.05, 4.69) is 25.9 Å². The maximum Gasteiger partial charge on any atom is 0.326 e. The van der Waals surface area contributed by atoms with Crippen LogP contribution in [0.25, 0.3) is 0 Å². The average Bonchev–Trinajstić information content (AvgIpc) is 3.31. The first kappa shape index (κ1) is 26.5. The Kier molecular flexibility index (Phi) is 10.2. The van der Waals surface area contributed by atoms with Gasteiger partial charge in [0.1, 0.15) is 18.1 Å². The Balaban J connectivity index is 2.21. The highest BCUT2D eigenvalue weighted by atomic mass is 16.4. The lowest BCUT2D eigenvalue weighted by molar-refractivity contribution is -0.142. The van der Waals surface area contributed by atoms with Crippen molar-refractivity contribution >= 4 is 23.7 Å². The lowest BCUT2D eigenvalue weighted by atomic mass is 10.0. The van der Waals surface area contributed by atoms with E-state index in [0.29, 0.717) is 12.1 Å². The number of carbonyl (C=O) groups is 4. The topological polar surface area (TPSA) is 179 Å². The third kappa shape index (κ3) is 8.66. The molecular formula is C23H32N6O5. The van der Waals surface area contributed by atoms with E-state index in [1.165, 1.54) is 12.5 Å². The molecule has 0 aliphatic heterocycles. The highest BCUT2D eigenvalue weighted by Gasteiger charge is 2.30. The van der Waals surface area contributed by atoms with Gasteiger partial charge in [-0.25, -0.2) is 9.78 Å². The minimum absolute atomic E-state index is 0.00436. The molecule has 0 aliphatic carbocycles. The number of amides is 3. The van der Waals surface area contributed by atoms with Crippen molar-refractivity contribution in [2.45, 2.75) is 51.2 Å². The lowest BCUT2D eigenvalue weighted by Crippen LogP contribution is -2.57. The van der Waals surface area contributed by atoms with Crippen LogP contribution < -0.4 is 21.7 Å². The van der Waals surface area contributed by atoms with Crippen LogP contribution in [0.4, 0.5) is 0 Å². The molecule has 3 amide bonds. The first-order valence-corrected chi connectivity index (χ1v) is 11.0. The van der Waals surface area contributed by atoms with Gasteiger partial charge >= 0.3 is 5.97 Å². The number of carboxylic acid groups (broad SMARTS) is 1. The van der Waals surface area contributed by atoms with Crippen LogP contribution >= 0.6 is 0 Å². The summed E-state index contributed by atoms with van der Waals surface area (Å²) in [6.45, 7) is 3.52. The van der Waals surface area contributed by atoms with Crippen LogP contribution in [0, 0.1) is 5.92 Å². The molecule has 2 rings (SSSR count). The Morgan fingerprint density at radius 1 is 0.971 bits per heavy atom. The molecule has 2 aromatic rings. The zero-order chi connectivity index (χ0) is 25.1. The minimum atomic E-state index is -1.23. The second kappa shape index (κ2) is 13.1. The van der Waals surface area contributed by atoms with Crippen molar-refractivity contribution in [3.63, 3.8) is 0 Å². The zero-order valence-corrected chi connectivity index (χ0v) is 19.3. The predicted molar refractivity (Wildman–Crippen MR) is 124 cm³/mol. The lowest BCUT2D eigenvalue weighted by Gasteiger charge is -2.25. The van der Waals surface area contributed by atoms with E-state index in [0.717, 1.165) is 5.56 Å². The van der Waals surface area contributed by atoms with Crippen molar-refractivity contribution in [3.05, 3.63) is 54.1 Å². The fraction of sp³-hybridized carbons (Fsp3) is 0.435. The van der Waals surface area contributed by atoms with Crippen LogP contribution in [0.2, 0.25) is 0 Å². The average molecular weight is 473 g/mol. The number of hydrogen-bond acceptors (Lipinski definition) is 6. The van der Waals surface area contributed by atoms with E-state index in [-0.39, 0.29) is 25.3 Å². The molecule has 3 atom stereocenters. The van der Waals surface area contributed by atoms with Gasteiger partial charge in [0.15, 0.2) is 0 Å². The third-order valence-corrected chi connectivity index (χ3v) is 5.05. The maximum atomic E-state index is 13.1. The molecule has 0 radical (unpaired) electrons. The van der Waals surface area contributed by atoms with Gasteiger partial charge in [0.2, 0.25) is 17.7 Å². The number of aromatic nitrogens is 2. The van der Waals surface area contributed by atoms with Crippen molar-refractivity contribution in [2.24, 2.45) is 11.7 Å². The van der Waals surface area contributed by atoms with E-state index < -0.39 is 41.8 Å². The standard InChI is InChI=1S/C23H32N6O5/c1-14(2)8-17(27-20(30)11-24)21(31)28-18(9-15-6-4-3-5-7-15)22(32)29-19(23(33)34)10-16-12-25-13-26-16/h3-7,12-14,17-19H,8-11,24H2,1-2H3,(H,25,26)(H,27,30)(H,28,31)(H,29,32)(H,33,34). The molecule has 11 nitrogen and oxygen atoms in total. The van der Waals surface area contributed by atoms with Crippen LogP contribution in [-0.4, -0.2) is 63.4 Å². The Labute approximate surface area is 197 Å². The van der Waals surface area contributed by atoms with Gasteiger partial charge in [0.05, 0.1) is 12.9 Å². The number of nitrogens with two attached hydrogens (primary N) is 1. The number of benzene rings is 1. The first-order valence-electron chi connectivity index (χ1n) is 11.0. The van der Waals surface area contributed by atoms with Crippen LogP contribution in [-0.2, 0) is 32.0 Å². The molecule has 0 saturated heterocycles. The molecule has 34 heavy (non-hydrogen) atoms. The molecule has 3 unspecified atom stereocenters. The van der Waals surface area contributed by atoms with E-state index >= 15 is 0 Å². The number of H-pyrrole nitrogens is 1. The number of rotatable bonds is 13. The molecule has 0 spiro atoms. The van der Waals surface area contributed by atoms with Crippen molar-refractivity contribution in [2.75, 3.05) is 6.54 Å². The second-order valence-corrected chi connectivity index (χ2v) is 8.39. The number of aromatic amines is 1. The highest BCUT2D eigenvalue weighted by Crippen LogP contribution is 2.09. The fourth-order valence-electron chi connectivity index (χ4n) is 3.38. The molecule has 184 valence electrons. The molecule has 7 N–H and O–H groups in total. The van der Waals surface area contributed by atoms with E-state index in [4.69, 9.17) is 5.73 Å². The summed E-state index contributed by atoms with van der Waals surface area (Å²) in [5, 5.41) is 17.4. The van der Waals surface area contributed by atoms with Crippen LogP contribution in [0.3, 0.4) is 0 Å². The van der Waals surface area contributed by atoms with Crippen molar-refractivity contribution < 1.29 is 24.3 Å². The Hall–Kier alpha value is -3.73. The zero-order valence-electron chi connectivity index (χ0n) is 19.3. The molecule has 0 bridgehead atoms. The Morgan fingerprint density at radius 3 is 2.18 bits per heavy atom. The fourth-order valence-corrected chi connectivity index (χ4v) is 3.38. The number of nitrogens with zero attached hydrogens (tertiary/aromatic N) is 1. The number of carbonyl (C=O) groups excluding carboxylic acids is 3. The van der Waals surface area contributed by atoms with Crippen molar-refractivity contribution in [1.82, 2.24) is 25.9 Å². The second-order valence-electron chi connectivity index (χ2n) is 8.39. The molecular weight excluding hydrogens is 440 g/mol. The van der Waals surface area contributed by atoms with Gasteiger partial charge in [-0.2, -0.15) is 0 Å². The van der Waals surface area contributed by atoms with Gasteiger partial charge in [-0.1, -0.05) is 44.2 Å². The van der Waals surface area contributed by atoms with Gasteiger partial charge in [0, 0.05) is 24.7 Å². The summed E-state index contributed by atoms with van der Waals surface area (Å²) in [6.07, 6.45) is 3.36. The molecule has 1 heterocycles. The highest BCUT2D eigenvalue weighted by molar-refractivity contribution is 5.93. The molecule has 1 aromatic heterocycles. The van der Waals surface area contributed by atoms with Gasteiger partial charge < -0.3 is 31.8 Å². The third-order valence-electron chi connectivity index (χ3n) is 5.05. The summed E-state index contributed by atoms with van der Waals surface area (Å²) in [7, 11) is 0. The Bertz CT molecular complexity index is 948. The molecule has 0 fully saturated rings. The Morgan fingerprint density at radius 2 is 1.62 bits per heavy atom. The number of hydrogen-bond donors (Lipinski definition) is 6. The van der Waals surface area contributed by atoms with Gasteiger partial charge in [0.25, 0.3) is 0 Å². The largest absolute Gasteiger partial charge is 0.480 e. The summed E-state index contributed by atoms with van der Waals surface area (Å²) in [5.74, 6) is -2.83. The summed E-state index contributed by atoms with van der Waals surface area (Å²) in [6, 6.07) is 5.84. The van der Waals surface area contributed by atoms with E-state index in [1.807, 2.05) is 19.9 Å². The van der Waals surface area contributed by atoms with Crippen LogP contribution in [0.5, 0.6) is 0 Å². The molecule has 1 aromatic carbocycles. The molecule has 0 saturated carbocycles. The monoisotopic (exact) mass is 472 g/mol. The SMILES string of the molecule is CC(C)CC(NC(=O)CN)C(=O)NC(Cc1ccccc1)C(=O)NC(Cc1cnc[nH]1)C(=O)O. The summed E-state index contributed by atoms with van der Waals surface area (Å²) >= 11 is 0. The van der Waals surface area contributed by atoms with Crippen molar-refractivity contribution in [3.8, 4) is 0 Å². The smallest absolute Gasteiger partial charge is 0.326 e. The maximum absolute atomic E-state index is 13.1. The minimum Gasteiger partial charge on any atom is -0.480 e. The number of imidazole rings is 1. The molecule has 11 heteroatoms.